The van der Waals surface area contributed by atoms with E-state index < -0.39 is 11.7 Å². The number of hydrogen-bond donors (Lipinski definition) is 2. The van der Waals surface area contributed by atoms with Gasteiger partial charge in [-0.25, -0.2) is 4.99 Å². The molecular formula is C20H23F3N4O. The van der Waals surface area contributed by atoms with Crippen LogP contribution in [-0.4, -0.2) is 32.3 Å². The summed E-state index contributed by atoms with van der Waals surface area (Å²) in [5, 5.41) is 2.90. The predicted octanol–water partition coefficient (Wildman–Crippen LogP) is 3.78. The Morgan fingerprint density at radius 2 is 1.93 bits per heavy atom. The fraction of sp³-hybridized carbons (Fsp3) is 0.350. The summed E-state index contributed by atoms with van der Waals surface area (Å²) in [7, 11) is 0. The van der Waals surface area contributed by atoms with Gasteiger partial charge in [0.25, 0.3) is 0 Å². The molecule has 0 unspecified atom stereocenters. The average molecular weight is 392 g/mol. The minimum atomic E-state index is -4.47. The lowest BCUT2D eigenvalue weighted by molar-refractivity contribution is -0.138. The summed E-state index contributed by atoms with van der Waals surface area (Å²) in [6.07, 6.45) is -4.47. The molecule has 1 heterocycles. The van der Waals surface area contributed by atoms with Gasteiger partial charge < -0.3 is 20.7 Å². The number of nitrogens with zero attached hydrogens (tertiary/aromatic N) is 2. The summed E-state index contributed by atoms with van der Waals surface area (Å²) >= 11 is 0. The molecule has 0 radical (unpaired) electrons. The summed E-state index contributed by atoms with van der Waals surface area (Å²) in [6.45, 7) is 3.93. The van der Waals surface area contributed by atoms with Crippen molar-refractivity contribution in [1.29, 1.82) is 0 Å². The Morgan fingerprint density at radius 3 is 2.61 bits per heavy atom. The highest BCUT2D eigenvalue weighted by atomic mass is 19.4. The van der Waals surface area contributed by atoms with Crippen LogP contribution >= 0.6 is 0 Å². The second-order valence-corrected chi connectivity index (χ2v) is 6.63. The van der Waals surface area contributed by atoms with Gasteiger partial charge in [-0.3, -0.25) is 0 Å². The molecule has 3 rings (SSSR count). The first-order valence-corrected chi connectivity index (χ1v) is 8.99. The zero-order chi connectivity index (χ0) is 20.1. The van der Waals surface area contributed by atoms with Crippen LogP contribution in [0.1, 0.15) is 16.7 Å². The Morgan fingerprint density at radius 1 is 1.18 bits per heavy atom. The molecule has 1 aliphatic rings. The molecule has 0 bridgehead atoms. The van der Waals surface area contributed by atoms with Crippen molar-refractivity contribution in [1.82, 2.24) is 0 Å². The first-order chi connectivity index (χ1) is 13.3. The summed E-state index contributed by atoms with van der Waals surface area (Å²) in [6, 6.07) is 11.8. The number of benzene rings is 2. The minimum Gasteiger partial charge on any atom is -0.378 e. The predicted molar refractivity (Wildman–Crippen MR) is 105 cm³/mol. The molecule has 0 spiro atoms. The lowest BCUT2D eigenvalue weighted by Crippen LogP contribution is -2.36. The van der Waals surface area contributed by atoms with Crippen molar-refractivity contribution in [3.63, 3.8) is 0 Å². The largest absolute Gasteiger partial charge is 0.416 e. The Kier molecular flexibility index (Phi) is 6.08. The fourth-order valence-electron chi connectivity index (χ4n) is 3.07. The normalized spacial score (nSPS) is 15.6. The smallest absolute Gasteiger partial charge is 0.378 e. The standard InChI is InChI=1S/C20H23F3N4O/c1-14-3-2-4-16(11-14)26-19(24)25-13-15-5-6-17(12-18(15)20(21,22)23)27-7-9-28-10-8-27/h2-6,11-12H,7-10,13H2,1H3,(H3,24,25,26). The van der Waals surface area contributed by atoms with Gasteiger partial charge in [0.05, 0.1) is 25.3 Å². The highest BCUT2D eigenvalue weighted by molar-refractivity contribution is 5.92. The molecule has 1 saturated heterocycles. The molecule has 8 heteroatoms. The van der Waals surface area contributed by atoms with Gasteiger partial charge in [0, 0.05) is 24.5 Å². The topological polar surface area (TPSA) is 62.9 Å². The molecular weight excluding hydrogens is 369 g/mol. The number of morpholine rings is 1. The van der Waals surface area contributed by atoms with Crippen molar-refractivity contribution in [2.45, 2.75) is 19.6 Å². The number of aliphatic imine (C=N–C) groups is 1. The van der Waals surface area contributed by atoms with Gasteiger partial charge in [-0.2, -0.15) is 13.2 Å². The van der Waals surface area contributed by atoms with Crippen LogP contribution in [0.5, 0.6) is 0 Å². The van der Waals surface area contributed by atoms with Gasteiger partial charge in [0.15, 0.2) is 5.96 Å². The molecule has 0 aromatic heterocycles. The van der Waals surface area contributed by atoms with E-state index in [1.54, 1.807) is 6.07 Å². The number of aryl methyl sites for hydroxylation is 1. The van der Waals surface area contributed by atoms with Crippen molar-refractivity contribution in [2.24, 2.45) is 10.7 Å². The Labute approximate surface area is 162 Å². The highest BCUT2D eigenvalue weighted by Gasteiger charge is 2.34. The van der Waals surface area contributed by atoms with E-state index in [2.05, 4.69) is 10.3 Å². The summed E-state index contributed by atoms with van der Waals surface area (Å²) in [4.78, 5) is 5.97. The number of alkyl halides is 3. The van der Waals surface area contributed by atoms with E-state index in [1.165, 1.54) is 12.1 Å². The monoisotopic (exact) mass is 392 g/mol. The molecule has 0 amide bonds. The quantitative estimate of drug-likeness (QED) is 0.614. The van der Waals surface area contributed by atoms with Crippen LogP contribution in [0.3, 0.4) is 0 Å². The minimum absolute atomic E-state index is 0.0657. The zero-order valence-corrected chi connectivity index (χ0v) is 15.6. The molecule has 0 aliphatic carbocycles. The molecule has 1 fully saturated rings. The van der Waals surface area contributed by atoms with Crippen molar-refractivity contribution in [3.05, 3.63) is 59.2 Å². The number of anilines is 2. The number of ether oxygens (including phenoxy) is 1. The van der Waals surface area contributed by atoms with Gasteiger partial charge >= 0.3 is 6.18 Å². The summed E-state index contributed by atoms with van der Waals surface area (Å²) in [5.41, 5.74) is 7.55. The Balaban J connectivity index is 1.78. The van der Waals surface area contributed by atoms with E-state index in [4.69, 9.17) is 10.5 Å². The Hall–Kier alpha value is -2.74. The number of guanidine groups is 1. The maximum atomic E-state index is 13.6. The lowest BCUT2D eigenvalue weighted by Gasteiger charge is -2.29. The highest BCUT2D eigenvalue weighted by Crippen LogP contribution is 2.35. The number of nitrogens with one attached hydrogen (secondary N) is 1. The van der Waals surface area contributed by atoms with Crippen molar-refractivity contribution in [2.75, 3.05) is 36.5 Å². The number of rotatable bonds is 4. The molecule has 0 saturated carbocycles. The van der Waals surface area contributed by atoms with Gasteiger partial charge in [-0.1, -0.05) is 18.2 Å². The average Bonchev–Trinajstić information content (AvgIpc) is 2.66. The molecule has 2 aromatic rings. The third-order valence-corrected chi connectivity index (χ3v) is 4.49. The van der Waals surface area contributed by atoms with E-state index in [-0.39, 0.29) is 18.1 Å². The summed E-state index contributed by atoms with van der Waals surface area (Å²) < 4.78 is 46.0. The summed E-state index contributed by atoms with van der Waals surface area (Å²) in [5.74, 6) is 0.0657. The van der Waals surface area contributed by atoms with E-state index in [0.717, 1.165) is 11.3 Å². The van der Waals surface area contributed by atoms with Crippen molar-refractivity contribution in [3.8, 4) is 0 Å². The SMILES string of the molecule is Cc1cccc(NC(N)=NCc2ccc(N3CCOCC3)cc2C(F)(F)F)c1. The van der Waals surface area contributed by atoms with Crippen LogP contribution < -0.4 is 16.0 Å². The first-order valence-electron chi connectivity index (χ1n) is 8.99. The van der Waals surface area contributed by atoms with E-state index in [0.29, 0.717) is 32.0 Å². The second kappa shape index (κ2) is 8.52. The van der Waals surface area contributed by atoms with Crippen LogP contribution in [0.2, 0.25) is 0 Å². The number of hydrogen-bond acceptors (Lipinski definition) is 3. The number of halogens is 3. The maximum Gasteiger partial charge on any atom is 0.416 e. The molecule has 28 heavy (non-hydrogen) atoms. The fourth-order valence-corrected chi connectivity index (χ4v) is 3.07. The molecule has 3 N–H and O–H groups in total. The molecule has 2 aromatic carbocycles. The van der Waals surface area contributed by atoms with Crippen molar-refractivity contribution < 1.29 is 17.9 Å². The molecule has 5 nitrogen and oxygen atoms in total. The van der Waals surface area contributed by atoms with E-state index in [9.17, 15) is 13.2 Å². The third-order valence-electron chi connectivity index (χ3n) is 4.49. The van der Waals surface area contributed by atoms with Crippen LogP contribution in [0, 0.1) is 6.92 Å². The van der Waals surface area contributed by atoms with Crippen LogP contribution in [-0.2, 0) is 17.5 Å². The zero-order valence-electron chi connectivity index (χ0n) is 15.6. The van der Waals surface area contributed by atoms with Crippen molar-refractivity contribution >= 4 is 17.3 Å². The van der Waals surface area contributed by atoms with Gasteiger partial charge in [0.2, 0.25) is 0 Å². The Bertz CT molecular complexity index is 846. The molecule has 150 valence electrons. The second-order valence-electron chi connectivity index (χ2n) is 6.63. The lowest BCUT2D eigenvalue weighted by atomic mass is 10.1. The third kappa shape index (κ3) is 5.16. The van der Waals surface area contributed by atoms with Crippen LogP contribution in [0.25, 0.3) is 0 Å². The van der Waals surface area contributed by atoms with Crippen LogP contribution in [0.15, 0.2) is 47.5 Å². The molecule has 0 atom stereocenters. The van der Waals surface area contributed by atoms with E-state index >= 15 is 0 Å². The van der Waals surface area contributed by atoms with Gasteiger partial charge in [-0.15, -0.1) is 0 Å². The maximum absolute atomic E-state index is 13.6. The number of nitrogens with two attached hydrogens (primary N) is 1. The van der Waals surface area contributed by atoms with Gasteiger partial charge in [-0.05, 0) is 42.3 Å². The first kappa shape index (κ1) is 20.0. The van der Waals surface area contributed by atoms with E-state index in [1.807, 2.05) is 36.1 Å². The van der Waals surface area contributed by atoms with Gasteiger partial charge in [0.1, 0.15) is 0 Å². The molecule has 1 aliphatic heterocycles. The van der Waals surface area contributed by atoms with Crippen LogP contribution in [0.4, 0.5) is 24.5 Å².